The van der Waals surface area contributed by atoms with Crippen LogP contribution in [-0.4, -0.2) is 26.8 Å². The van der Waals surface area contributed by atoms with Crippen LogP contribution in [0.4, 0.5) is 0 Å². The highest BCUT2D eigenvalue weighted by atomic mass is 35.5. The average Bonchev–Trinajstić information content (AvgIpc) is 2.44. The fourth-order valence-electron chi connectivity index (χ4n) is 2.19. The van der Waals surface area contributed by atoms with Gasteiger partial charge in [-0.25, -0.2) is 8.42 Å². The molecule has 1 aromatic rings. The molecule has 0 amide bonds. The standard InChI is InChI=1S/C16H26ClNO2S/c1-3-11-18-14(2)8-6-7-12-21(19,20)13-15-9-4-5-10-16(15)17/h4-5,9-10,14,18H,3,6-8,11-13H2,1-2H3. The van der Waals surface area contributed by atoms with Crippen molar-refractivity contribution in [1.29, 1.82) is 0 Å². The summed E-state index contributed by atoms with van der Waals surface area (Å²) >= 11 is 6.01. The van der Waals surface area contributed by atoms with Crippen molar-refractivity contribution in [2.24, 2.45) is 0 Å². The Morgan fingerprint density at radius 1 is 1.24 bits per heavy atom. The van der Waals surface area contributed by atoms with Gasteiger partial charge in [0.15, 0.2) is 9.84 Å². The zero-order valence-electron chi connectivity index (χ0n) is 12.9. The molecule has 1 rings (SSSR count). The van der Waals surface area contributed by atoms with E-state index in [4.69, 9.17) is 11.6 Å². The van der Waals surface area contributed by atoms with E-state index >= 15 is 0 Å². The maximum atomic E-state index is 12.1. The van der Waals surface area contributed by atoms with E-state index in [1.54, 1.807) is 12.1 Å². The third-order valence-electron chi connectivity index (χ3n) is 3.42. The Morgan fingerprint density at radius 3 is 2.62 bits per heavy atom. The molecule has 5 heteroatoms. The molecule has 0 aliphatic rings. The zero-order valence-corrected chi connectivity index (χ0v) is 14.5. The van der Waals surface area contributed by atoms with E-state index in [0.29, 0.717) is 23.0 Å². The summed E-state index contributed by atoms with van der Waals surface area (Å²) in [6, 6.07) is 7.58. The molecule has 120 valence electrons. The highest BCUT2D eigenvalue weighted by Gasteiger charge is 2.14. The maximum absolute atomic E-state index is 12.1. The number of unbranched alkanes of at least 4 members (excludes halogenated alkanes) is 1. The predicted molar refractivity (Wildman–Crippen MR) is 90.5 cm³/mol. The predicted octanol–water partition coefficient (Wildman–Crippen LogP) is 3.81. The number of nitrogens with one attached hydrogen (secondary N) is 1. The van der Waals surface area contributed by atoms with Gasteiger partial charge in [0.05, 0.1) is 11.5 Å². The van der Waals surface area contributed by atoms with E-state index in [2.05, 4.69) is 19.2 Å². The quantitative estimate of drug-likeness (QED) is 0.663. The molecule has 1 aromatic carbocycles. The average molecular weight is 332 g/mol. The van der Waals surface area contributed by atoms with Crippen LogP contribution in [0.5, 0.6) is 0 Å². The molecular formula is C16H26ClNO2S. The fourth-order valence-corrected chi connectivity index (χ4v) is 3.99. The summed E-state index contributed by atoms with van der Waals surface area (Å²) in [5, 5.41) is 3.94. The van der Waals surface area contributed by atoms with Crippen LogP contribution >= 0.6 is 11.6 Å². The summed E-state index contributed by atoms with van der Waals surface area (Å²) in [7, 11) is -3.08. The summed E-state index contributed by atoms with van der Waals surface area (Å²) in [5.41, 5.74) is 0.692. The Bertz CT molecular complexity index is 517. The molecule has 0 spiro atoms. The van der Waals surface area contributed by atoms with Crippen LogP contribution in [0.1, 0.15) is 45.1 Å². The van der Waals surface area contributed by atoms with Crippen molar-refractivity contribution >= 4 is 21.4 Å². The van der Waals surface area contributed by atoms with E-state index in [1.807, 2.05) is 12.1 Å². The summed E-state index contributed by atoms with van der Waals surface area (Å²) in [4.78, 5) is 0. The molecule has 0 heterocycles. The molecule has 0 saturated heterocycles. The largest absolute Gasteiger partial charge is 0.314 e. The number of benzene rings is 1. The molecule has 1 atom stereocenters. The Hall–Kier alpha value is -0.580. The van der Waals surface area contributed by atoms with Crippen LogP contribution in [0.2, 0.25) is 5.02 Å². The zero-order chi connectivity index (χ0) is 15.7. The summed E-state index contributed by atoms with van der Waals surface area (Å²) < 4.78 is 24.2. The number of halogens is 1. The van der Waals surface area contributed by atoms with Gasteiger partial charge in [-0.3, -0.25) is 0 Å². The summed E-state index contributed by atoms with van der Waals surface area (Å²) in [6.07, 6.45) is 3.78. The molecule has 0 radical (unpaired) electrons. The van der Waals surface area contributed by atoms with Crippen molar-refractivity contribution < 1.29 is 8.42 Å². The van der Waals surface area contributed by atoms with Gasteiger partial charge in [0.2, 0.25) is 0 Å². The molecule has 0 aliphatic heterocycles. The first-order valence-electron chi connectivity index (χ1n) is 7.62. The smallest absolute Gasteiger partial charge is 0.154 e. The molecular weight excluding hydrogens is 306 g/mol. The Balaban J connectivity index is 2.32. The molecule has 0 aromatic heterocycles. The summed E-state index contributed by atoms with van der Waals surface area (Å²) in [5.74, 6) is 0.273. The number of rotatable bonds is 10. The summed E-state index contributed by atoms with van der Waals surface area (Å²) in [6.45, 7) is 5.31. The first kappa shape index (κ1) is 18.5. The molecule has 0 saturated carbocycles. The molecule has 1 unspecified atom stereocenters. The Kier molecular flexibility index (Phi) is 8.30. The van der Waals surface area contributed by atoms with E-state index in [-0.39, 0.29) is 11.5 Å². The number of sulfone groups is 1. The van der Waals surface area contributed by atoms with Crippen LogP contribution in [-0.2, 0) is 15.6 Å². The lowest BCUT2D eigenvalue weighted by Crippen LogP contribution is -2.26. The van der Waals surface area contributed by atoms with Gasteiger partial charge in [-0.2, -0.15) is 0 Å². The third-order valence-corrected chi connectivity index (χ3v) is 5.45. The van der Waals surface area contributed by atoms with E-state index in [1.165, 1.54) is 0 Å². The Morgan fingerprint density at radius 2 is 1.95 bits per heavy atom. The highest BCUT2D eigenvalue weighted by Crippen LogP contribution is 2.18. The van der Waals surface area contributed by atoms with Gasteiger partial charge in [0, 0.05) is 11.1 Å². The van der Waals surface area contributed by atoms with Crippen molar-refractivity contribution in [2.45, 2.75) is 51.3 Å². The van der Waals surface area contributed by atoms with E-state index < -0.39 is 9.84 Å². The van der Waals surface area contributed by atoms with Gasteiger partial charge in [0.25, 0.3) is 0 Å². The minimum absolute atomic E-state index is 0.0380. The molecule has 0 bridgehead atoms. The Labute approximate surface area is 134 Å². The second kappa shape index (κ2) is 9.44. The lowest BCUT2D eigenvalue weighted by atomic mass is 10.1. The second-order valence-electron chi connectivity index (χ2n) is 5.53. The first-order chi connectivity index (χ1) is 9.94. The van der Waals surface area contributed by atoms with Crippen molar-refractivity contribution in [1.82, 2.24) is 5.32 Å². The van der Waals surface area contributed by atoms with Gasteiger partial charge in [0.1, 0.15) is 0 Å². The van der Waals surface area contributed by atoms with E-state index in [0.717, 1.165) is 25.8 Å². The monoisotopic (exact) mass is 331 g/mol. The number of hydrogen-bond donors (Lipinski definition) is 1. The van der Waals surface area contributed by atoms with Crippen molar-refractivity contribution in [2.75, 3.05) is 12.3 Å². The van der Waals surface area contributed by atoms with Crippen LogP contribution in [0.25, 0.3) is 0 Å². The molecule has 0 aliphatic carbocycles. The minimum Gasteiger partial charge on any atom is -0.314 e. The van der Waals surface area contributed by atoms with Gasteiger partial charge in [-0.15, -0.1) is 0 Å². The van der Waals surface area contributed by atoms with Crippen LogP contribution in [0.3, 0.4) is 0 Å². The first-order valence-corrected chi connectivity index (χ1v) is 9.81. The highest BCUT2D eigenvalue weighted by molar-refractivity contribution is 7.90. The van der Waals surface area contributed by atoms with Crippen molar-refractivity contribution in [3.05, 3.63) is 34.9 Å². The lowest BCUT2D eigenvalue weighted by molar-refractivity contribution is 0.494. The van der Waals surface area contributed by atoms with Gasteiger partial charge in [-0.1, -0.05) is 43.1 Å². The molecule has 1 N–H and O–H groups in total. The van der Waals surface area contributed by atoms with Crippen LogP contribution in [0, 0.1) is 0 Å². The molecule has 21 heavy (non-hydrogen) atoms. The second-order valence-corrected chi connectivity index (χ2v) is 8.13. The molecule has 3 nitrogen and oxygen atoms in total. The minimum atomic E-state index is -3.08. The van der Waals surface area contributed by atoms with Crippen molar-refractivity contribution in [3.8, 4) is 0 Å². The van der Waals surface area contributed by atoms with Crippen LogP contribution in [0.15, 0.2) is 24.3 Å². The number of hydrogen-bond acceptors (Lipinski definition) is 3. The van der Waals surface area contributed by atoms with E-state index in [9.17, 15) is 8.42 Å². The lowest BCUT2D eigenvalue weighted by Gasteiger charge is -2.12. The third kappa shape index (κ3) is 7.84. The van der Waals surface area contributed by atoms with Gasteiger partial charge >= 0.3 is 0 Å². The van der Waals surface area contributed by atoms with Gasteiger partial charge < -0.3 is 5.32 Å². The fraction of sp³-hybridized carbons (Fsp3) is 0.625. The topological polar surface area (TPSA) is 46.2 Å². The molecule has 0 fully saturated rings. The van der Waals surface area contributed by atoms with Gasteiger partial charge in [-0.05, 0) is 44.4 Å². The normalized spacial score (nSPS) is 13.3. The van der Waals surface area contributed by atoms with Crippen molar-refractivity contribution in [3.63, 3.8) is 0 Å². The SMILES string of the molecule is CCCNC(C)CCCCS(=O)(=O)Cc1ccccc1Cl. The maximum Gasteiger partial charge on any atom is 0.154 e. The van der Waals surface area contributed by atoms with Crippen LogP contribution < -0.4 is 5.32 Å².